The zero-order valence-corrected chi connectivity index (χ0v) is 17.3. The van der Waals surface area contributed by atoms with Gasteiger partial charge in [-0.25, -0.2) is 12.8 Å². The molecular weight excluding hydrogens is 407 g/mol. The maximum Gasteiger partial charge on any atom is 0.248 e. The summed E-state index contributed by atoms with van der Waals surface area (Å²) < 4.78 is 44.7. The molecule has 152 valence electrons. The minimum Gasteiger partial charge on any atom is -0.494 e. The van der Waals surface area contributed by atoms with Crippen molar-refractivity contribution >= 4 is 38.9 Å². The Morgan fingerprint density at radius 3 is 2.54 bits per heavy atom. The predicted molar refractivity (Wildman–Crippen MR) is 109 cm³/mol. The fraction of sp³-hybridized carbons (Fsp3) is 0.316. The SMILES string of the molecule is CCOc1cccc(NC(=O)[C@H](CC)N(c2ccc(F)c(Cl)c2)S(C)(=O)=O)c1. The molecule has 0 spiro atoms. The van der Waals surface area contributed by atoms with Crippen molar-refractivity contribution in [3.8, 4) is 5.75 Å². The highest BCUT2D eigenvalue weighted by Crippen LogP contribution is 2.28. The molecule has 1 N–H and O–H groups in total. The number of nitrogens with one attached hydrogen (secondary N) is 1. The van der Waals surface area contributed by atoms with E-state index >= 15 is 0 Å². The van der Waals surface area contributed by atoms with E-state index in [9.17, 15) is 17.6 Å². The van der Waals surface area contributed by atoms with E-state index in [-0.39, 0.29) is 17.1 Å². The lowest BCUT2D eigenvalue weighted by Crippen LogP contribution is -2.47. The van der Waals surface area contributed by atoms with Crippen LogP contribution in [0.2, 0.25) is 5.02 Å². The molecule has 0 aliphatic rings. The van der Waals surface area contributed by atoms with Crippen LogP contribution in [0.4, 0.5) is 15.8 Å². The van der Waals surface area contributed by atoms with E-state index in [1.807, 2.05) is 6.92 Å². The van der Waals surface area contributed by atoms with E-state index in [4.69, 9.17) is 16.3 Å². The van der Waals surface area contributed by atoms with Crippen LogP contribution in [0.3, 0.4) is 0 Å². The van der Waals surface area contributed by atoms with E-state index < -0.39 is 27.8 Å². The summed E-state index contributed by atoms with van der Waals surface area (Å²) in [6, 6.07) is 9.26. The van der Waals surface area contributed by atoms with E-state index in [1.165, 1.54) is 12.1 Å². The van der Waals surface area contributed by atoms with Gasteiger partial charge in [0.15, 0.2) is 0 Å². The minimum absolute atomic E-state index is 0.110. The number of anilines is 2. The van der Waals surface area contributed by atoms with Gasteiger partial charge in [-0.2, -0.15) is 0 Å². The number of carbonyl (C=O) groups is 1. The molecule has 28 heavy (non-hydrogen) atoms. The lowest BCUT2D eigenvalue weighted by Gasteiger charge is -2.30. The second kappa shape index (κ2) is 9.25. The van der Waals surface area contributed by atoms with Gasteiger partial charge in [0, 0.05) is 11.8 Å². The van der Waals surface area contributed by atoms with Crippen LogP contribution in [0.15, 0.2) is 42.5 Å². The van der Waals surface area contributed by atoms with Gasteiger partial charge in [0.05, 0.1) is 23.6 Å². The largest absolute Gasteiger partial charge is 0.494 e. The van der Waals surface area contributed by atoms with Gasteiger partial charge in [-0.1, -0.05) is 24.6 Å². The summed E-state index contributed by atoms with van der Waals surface area (Å²) in [5.74, 6) is -0.621. The van der Waals surface area contributed by atoms with E-state index in [2.05, 4.69) is 5.32 Å². The summed E-state index contributed by atoms with van der Waals surface area (Å²) in [4.78, 5) is 12.9. The molecule has 9 heteroatoms. The highest BCUT2D eigenvalue weighted by molar-refractivity contribution is 7.92. The number of carbonyl (C=O) groups excluding carboxylic acids is 1. The standard InChI is InChI=1S/C19H22ClFN2O4S/c1-4-18(19(24)22-13-7-6-8-15(11-13)27-5-2)23(28(3,25)26)14-9-10-17(21)16(20)12-14/h6-12,18H,4-5H2,1-3H3,(H,22,24)/t18-/m0/s1. The molecule has 0 saturated heterocycles. The first-order chi connectivity index (χ1) is 13.2. The maximum atomic E-state index is 13.5. The highest BCUT2D eigenvalue weighted by Gasteiger charge is 2.32. The third kappa shape index (κ3) is 5.36. The minimum atomic E-state index is -3.85. The van der Waals surface area contributed by atoms with Crippen molar-refractivity contribution in [1.29, 1.82) is 0 Å². The number of hydrogen-bond acceptors (Lipinski definition) is 4. The average molecular weight is 429 g/mol. The van der Waals surface area contributed by atoms with Crippen molar-refractivity contribution in [2.75, 3.05) is 22.5 Å². The molecule has 0 aliphatic heterocycles. The molecule has 1 amide bonds. The Bertz CT molecular complexity index is 953. The number of ether oxygens (including phenoxy) is 1. The van der Waals surface area contributed by atoms with Crippen molar-refractivity contribution < 1.29 is 22.3 Å². The molecule has 2 rings (SSSR count). The van der Waals surface area contributed by atoms with E-state index in [0.717, 1.165) is 16.6 Å². The first-order valence-electron chi connectivity index (χ1n) is 8.65. The second-order valence-electron chi connectivity index (χ2n) is 6.03. The summed E-state index contributed by atoms with van der Waals surface area (Å²) >= 11 is 5.80. The lowest BCUT2D eigenvalue weighted by atomic mass is 10.1. The van der Waals surface area contributed by atoms with Crippen LogP contribution in [0.1, 0.15) is 20.3 Å². The number of rotatable bonds is 8. The van der Waals surface area contributed by atoms with Crippen LogP contribution < -0.4 is 14.4 Å². The number of hydrogen-bond donors (Lipinski definition) is 1. The van der Waals surface area contributed by atoms with Gasteiger partial charge in [0.2, 0.25) is 15.9 Å². The number of amides is 1. The van der Waals surface area contributed by atoms with Gasteiger partial charge < -0.3 is 10.1 Å². The third-order valence-corrected chi connectivity index (χ3v) is 5.37. The maximum absolute atomic E-state index is 13.5. The van der Waals surface area contributed by atoms with Gasteiger partial charge in [-0.3, -0.25) is 9.10 Å². The molecule has 0 aromatic heterocycles. The van der Waals surface area contributed by atoms with Gasteiger partial charge in [-0.15, -0.1) is 0 Å². The zero-order valence-electron chi connectivity index (χ0n) is 15.8. The first kappa shape index (κ1) is 22.0. The number of halogens is 2. The molecule has 2 aromatic carbocycles. The van der Waals surface area contributed by atoms with Crippen LogP contribution in [0, 0.1) is 5.82 Å². The van der Waals surface area contributed by atoms with Gasteiger partial charge >= 0.3 is 0 Å². The summed E-state index contributed by atoms with van der Waals surface area (Å²) in [6.45, 7) is 4.00. The molecule has 0 radical (unpaired) electrons. The van der Waals surface area contributed by atoms with Crippen LogP contribution in [-0.4, -0.2) is 33.2 Å². The van der Waals surface area contributed by atoms with Crippen LogP contribution in [0.25, 0.3) is 0 Å². The van der Waals surface area contributed by atoms with Crippen LogP contribution >= 0.6 is 11.6 Å². The van der Waals surface area contributed by atoms with Crippen molar-refractivity contribution in [2.24, 2.45) is 0 Å². The molecule has 0 bridgehead atoms. The van der Waals surface area contributed by atoms with Crippen LogP contribution in [-0.2, 0) is 14.8 Å². The predicted octanol–water partition coefficient (Wildman–Crippen LogP) is 4.06. The van der Waals surface area contributed by atoms with Crippen molar-refractivity contribution in [1.82, 2.24) is 0 Å². The molecule has 0 fully saturated rings. The van der Waals surface area contributed by atoms with E-state index in [1.54, 1.807) is 31.2 Å². The van der Waals surface area contributed by atoms with Crippen molar-refractivity contribution in [3.63, 3.8) is 0 Å². The third-order valence-electron chi connectivity index (χ3n) is 3.90. The Kier molecular flexibility index (Phi) is 7.26. The quantitative estimate of drug-likeness (QED) is 0.687. The fourth-order valence-corrected chi connectivity index (χ4v) is 4.12. The molecule has 0 saturated carbocycles. The summed E-state index contributed by atoms with van der Waals surface area (Å²) in [5.41, 5.74) is 0.582. The molecule has 6 nitrogen and oxygen atoms in total. The molecule has 1 atom stereocenters. The highest BCUT2D eigenvalue weighted by atomic mass is 35.5. The first-order valence-corrected chi connectivity index (χ1v) is 10.9. The lowest BCUT2D eigenvalue weighted by molar-refractivity contribution is -0.117. The molecule has 0 aliphatic carbocycles. The molecule has 0 unspecified atom stereocenters. The van der Waals surface area contributed by atoms with Crippen molar-refractivity contribution in [2.45, 2.75) is 26.3 Å². The van der Waals surface area contributed by atoms with Gasteiger partial charge in [0.25, 0.3) is 0 Å². The fourth-order valence-electron chi connectivity index (χ4n) is 2.74. The monoisotopic (exact) mass is 428 g/mol. The van der Waals surface area contributed by atoms with Gasteiger partial charge in [0.1, 0.15) is 17.6 Å². The Hall–Kier alpha value is -2.32. The molecule has 2 aromatic rings. The Labute approximate surface area is 169 Å². The molecular formula is C19H22ClFN2O4S. The zero-order chi connectivity index (χ0) is 20.9. The smallest absolute Gasteiger partial charge is 0.248 e. The second-order valence-corrected chi connectivity index (χ2v) is 8.30. The number of benzene rings is 2. The Morgan fingerprint density at radius 1 is 1.25 bits per heavy atom. The molecule has 0 heterocycles. The summed E-state index contributed by atoms with van der Waals surface area (Å²) in [6.07, 6.45) is 1.18. The van der Waals surface area contributed by atoms with Crippen LogP contribution in [0.5, 0.6) is 5.75 Å². The van der Waals surface area contributed by atoms with Crippen molar-refractivity contribution in [3.05, 3.63) is 53.3 Å². The Morgan fingerprint density at radius 2 is 1.96 bits per heavy atom. The number of nitrogens with zero attached hydrogens (tertiary/aromatic N) is 1. The topological polar surface area (TPSA) is 75.7 Å². The summed E-state index contributed by atoms with van der Waals surface area (Å²) in [7, 11) is -3.85. The summed E-state index contributed by atoms with van der Waals surface area (Å²) in [5, 5.41) is 2.48. The van der Waals surface area contributed by atoms with E-state index in [0.29, 0.717) is 18.0 Å². The Balaban J connectivity index is 2.36. The average Bonchev–Trinajstić information content (AvgIpc) is 2.61. The van der Waals surface area contributed by atoms with Gasteiger partial charge in [-0.05, 0) is 43.7 Å². The number of sulfonamides is 1. The normalized spacial score (nSPS) is 12.3.